The molecule has 0 N–H and O–H groups in total. The highest BCUT2D eigenvalue weighted by atomic mass is 32.1. The molecule has 5 heteroatoms. The summed E-state index contributed by atoms with van der Waals surface area (Å²) in [5, 5.41) is 0. The molecule has 0 radical (unpaired) electrons. The van der Waals surface area contributed by atoms with E-state index in [9.17, 15) is 2.74 Å². The van der Waals surface area contributed by atoms with Crippen LogP contribution in [-0.4, -0.2) is 6.71 Å². The van der Waals surface area contributed by atoms with E-state index in [-0.39, 0.29) is 58.2 Å². The molecule has 2 aliphatic heterocycles. The first-order valence-corrected chi connectivity index (χ1v) is 25.5. The van der Waals surface area contributed by atoms with Crippen molar-refractivity contribution in [2.45, 2.75) is 142 Å². The van der Waals surface area contributed by atoms with E-state index in [4.69, 9.17) is 4.11 Å². The van der Waals surface area contributed by atoms with E-state index in [2.05, 4.69) is 166 Å². The van der Waals surface area contributed by atoms with Gasteiger partial charge in [0.2, 0.25) is 0 Å². The largest absolute Gasteiger partial charge is 0.311 e. The van der Waals surface area contributed by atoms with Crippen molar-refractivity contribution in [1.29, 1.82) is 0 Å². The van der Waals surface area contributed by atoms with Gasteiger partial charge in [-0.05, 0) is 165 Å². The Morgan fingerprint density at radius 3 is 1.88 bits per heavy atom. The van der Waals surface area contributed by atoms with Crippen LogP contribution in [0.1, 0.15) is 160 Å². The second-order valence-corrected chi connectivity index (χ2v) is 24.2. The van der Waals surface area contributed by atoms with Gasteiger partial charge >= 0.3 is 0 Å². The molecule has 6 aromatic carbocycles. The summed E-state index contributed by atoms with van der Waals surface area (Å²) < 4.78 is 47.1. The lowest BCUT2D eigenvalue weighted by molar-refractivity contribution is 0.332. The van der Waals surface area contributed by atoms with Gasteiger partial charge in [-0.3, -0.25) is 0 Å². The predicted molar refractivity (Wildman–Crippen MR) is 292 cm³/mol. The predicted octanol–water partition coefficient (Wildman–Crippen LogP) is 16.2. The van der Waals surface area contributed by atoms with Crippen molar-refractivity contribution in [2.24, 2.45) is 0 Å². The van der Waals surface area contributed by atoms with E-state index < -0.39 is 6.04 Å². The Hall–Kier alpha value is -5.52. The van der Waals surface area contributed by atoms with Crippen LogP contribution in [0.15, 0.2) is 133 Å². The zero-order valence-corrected chi connectivity index (χ0v) is 42.4. The fourth-order valence-electron chi connectivity index (χ4n) is 11.9. The van der Waals surface area contributed by atoms with E-state index in [0.29, 0.717) is 23.2 Å². The average Bonchev–Trinajstić information content (AvgIpc) is 3.77. The monoisotopic (exact) mass is 903 g/mol. The van der Waals surface area contributed by atoms with Gasteiger partial charge in [0.1, 0.15) is 0 Å². The van der Waals surface area contributed by atoms with Crippen LogP contribution < -0.4 is 30.4 Å². The third-order valence-electron chi connectivity index (χ3n) is 16.1. The molecule has 67 heavy (non-hydrogen) atoms. The standard InChI is InChI=1S/C62H68BN3S/c1-39(2)41-20-19-25-45(34-41)65-51-29-26-42(40(3)4)35-50(51)63-55-52(65)37-47(64(43-21-15-13-16-22-43)44-23-17-14-18-24-44)38-53(55)66(46-27-28-48-49(36-46)60(7,8)31-30-59(48,5)6)56-54-57(67-58(56)63)62(11,12)33-32-61(54,9)10/h13-29,34-40H,30-33H2,1-12H3/i13D,15D,16D,21D,22D. The maximum absolute atomic E-state index is 9.54. The summed E-state index contributed by atoms with van der Waals surface area (Å²) in [4.78, 5) is 8.43. The Bertz CT molecular complexity index is 3340. The third kappa shape index (κ3) is 6.95. The first-order chi connectivity index (χ1) is 33.9. The second kappa shape index (κ2) is 15.5. The minimum Gasteiger partial charge on any atom is -0.311 e. The number of hydrogen-bond acceptors (Lipinski definition) is 4. The molecule has 7 aromatic rings. The molecule has 0 bridgehead atoms. The first-order valence-electron chi connectivity index (χ1n) is 27.2. The molecule has 0 fully saturated rings. The van der Waals surface area contributed by atoms with E-state index in [1.54, 1.807) is 0 Å². The maximum Gasteiger partial charge on any atom is 0.264 e. The summed E-state index contributed by atoms with van der Waals surface area (Å²) in [6, 6.07) is 36.1. The van der Waals surface area contributed by atoms with Crippen LogP contribution in [0.25, 0.3) is 0 Å². The third-order valence-corrected chi connectivity index (χ3v) is 17.7. The number of rotatable bonds is 7. The van der Waals surface area contributed by atoms with Crippen molar-refractivity contribution in [3.05, 3.63) is 166 Å². The Morgan fingerprint density at radius 1 is 0.552 bits per heavy atom. The summed E-state index contributed by atoms with van der Waals surface area (Å²) in [6.45, 7) is 28.4. The molecule has 2 aliphatic carbocycles. The lowest BCUT2D eigenvalue weighted by atomic mass is 9.35. The van der Waals surface area contributed by atoms with Gasteiger partial charge < -0.3 is 14.7 Å². The van der Waals surface area contributed by atoms with Crippen molar-refractivity contribution >= 4 is 84.9 Å². The smallest absolute Gasteiger partial charge is 0.264 e. The highest BCUT2D eigenvalue weighted by Crippen LogP contribution is 2.58. The Kier molecular flexibility index (Phi) is 8.90. The highest BCUT2D eigenvalue weighted by molar-refractivity contribution is 7.29. The van der Waals surface area contributed by atoms with Gasteiger partial charge in [-0.25, -0.2) is 0 Å². The molecule has 0 unspecified atom stereocenters. The number of fused-ring (bicyclic) bond motifs is 7. The fourth-order valence-corrected chi connectivity index (χ4v) is 13.6. The number of benzene rings is 6. The van der Waals surface area contributed by atoms with E-state index >= 15 is 0 Å². The number of thiophene rings is 1. The second-order valence-electron chi connectivity index (χ2n) is 23.2. The summed E-state index contributed by atoms with van der Waals surface area (Å²) in [7, 11) is 0. The van der Waals surface area contributed by atoms with Crippen LogP contribution in [-0.2, 0) is 21.7 Å². The van der Waals surface area contributed by atoms with Crippen molar-refractivity contribution in [3.63, 3.8) is 0 Å². The molecular formula is C62H68BN3S. The molecule has 11 rings (SSSR count). The van der Waals surface area contributed by atoms with Crippen LogP contribution in [0.5, 0.6) is 0 Å². The molecular weight excluding hydrogens is 830 g/mol. The molecule has 4 aliphatic rings. The number of hydrogen-bond donors (Lipinski definition) is 0. The lowest BCUT2D eigenvalue weighted by Gasteiger charge is -2.47. The average molecular weight is 903 g/mol. The van der Waals surface area contributed by atoms with Crippen molar-refractivity contribution < 1.29 is 6.85 Å². The molecule has 0 saturated carbocycles. The van der Waals surface area contributed by atoms with Crippen LogP contribution in [0.4, 0.5) is 51.2 Å². The Labute approximate surface area is 413 Å². The quantitative estimate of drug-likeness (QED) is 0.148. The normalized spacial score (nSPS) is 19.0. The van der Waals surface area contributed by atoms with E-state index in [1.165, 1.54) is 54.1 Å². The fraction of sp³-hybridized carbons (Fsp3) is 0.355. The zero-order chi connectivity index (χ0) is 51.3. The Balaban J connectivity index is 1.34. The summed E-state index contributed by atoms with van der Waals surface area (Å²) in [5.41, 5.74) is 17.1. The van der Waals surface area contributed by atoms with Gasteiger partial charge in [-0.2, -0.15) is 11.3 Å². The highest BCUT2D eigenvalue weighted by Gasteiger charge is 2.51. The van der Waals surface area contributed by atoms with Gasteiger partial charge in [0, 0.05) is 49.5 Å². The number of nitrogens with zero attached hydrogens (tertiary/aromatic N) is 3. The minimum absolute atomic E-state index is 0.0250. The summed E-state index contributed by atoms with van der Waals surface area (Å²) >= 11 is 2.03. The van der Waals surface area contributed by atoms with Crippen molar-refractivity contribution in [2.75, 3.05) is 14.7 Å². The molecule has 0 saturated heterocycles. The lowest BCUT2D eigenvalue weighted by Crippen LogP contribution is -2.60. The molecule has 340 valence electrons. The van der Waals surface area contributed by atoms with Gasteiger partial charge in [0.05, 0.1) is 18.2 Å². The molecule has 3 heterocycles. The van der Waals surface area contributed by atoms with Gasteiger partial charge in [-0.1, -0.05) is 150 Å². The van der Waals surface area contributed by atoms with Crippen LogP contribution in [0.2, 0.25) is 0 Å². The molecule has 0 amide bonds. The van der Waals surface area contributed by atoms with Crippen LogP contribution >= 0.6 is 11.3 Å². The van der Waals surface area contributed by atoms with Crippen LogP contribution in [0, 0.1) is 0 Å². The van der Waals surface area contributed by atoms with Gasteiger partial charge in [0.25, 0.3) is 6.71 Å². The topological polar surface area (TPSA) is 9.72 Å². The molecule has 0 spiro atoms. The Morgan fingerprint density at radius 2 is 1.18 bits per heavy atom. The first kappa shape index (κ1) is 38.5. The van der Waals surface area contributed by atoms with Crippen molar-refractivity contribution in [1.82, 2.24) is 0 Å². The zero-order valence-electron chi connectivity index (χ0n) is 46.6. The minimum atomic E-state index is -0.413. The number of para-hydroxylation sites is 2. The van der Waals surface area contributed by atoms with Gasteiger partial charge in [0.15, 0.2) is 0 Å². The van der Waals surface area contributed by atoms with Gasteiger partial charge in [-0.15, -0.1) is 0 Å². The maximum atomic E-state index is 9.54. The molecule has 3 nitrogen and oxygen atoms in total. The van der Waals surface area contributed by atoms with E-state index in [1.807, 2.05) is 46.6 Å². The molecule has 1 aromatic heterocycles. The van der Waals surface area contributed by atoms with Crippen LogP contribution in [0.3, 0.4) is 0 Å². The SMILES string of the molecule is [2H]c1c([2H])c([2H])c(N(c2ccccc2)c2cc3c4c(c2)N(c2ccc5c(c2)C(C)(C)CCC5(C)C)c2c(sc5c2C(C)(C)CCC5(C)C)B4c2cc(C(C)C)ccc2N3c2cccc(C(C)C)c2)c([2H])c1[2H]. The van der Waals surface area contributed by atoms with E-state index in [0.717, 1.165) is 54.1 Å². The molecule has 0 atom stereocenters. The summed E-state index contributed by atoms with van der Waals surface area (Å²) in [5.74, 6) is 0.605. The number of anilines is 9. The van der Waals surface area contributed by atoms with Crippen molar-refractivity contribution in [3.8, 4) is 0 Å². The summed E-state index contributed by atoms with van der Waals surface area (Å²) in [6.07, 6.45) is 4.37.